The van der Waals surface area contributed by atoms with Crippen LogP contribution in [-0.4, -0.2) is 17.3 Å². The lowest BCUT2D eigenvalue weighted by Gasteiger charge is -2.00. The number of methoxy groups -OCH3 is 1. The van der Waals surface area contributed by atoms with Crippen molar-refractivity contribution in [3.8, 4) is 5.75 Å². The molecule has 0 bridgehead atoms. The SMILES string of the molecule is COc1ccc(Cc2nnc(Br)o2)cc1. The van der Waals surface area contributed by atoms with E-state index < -0.39 is 0 Å². The fourth-order valence-electron chi connectivity index (χ4n) is 1.22. The van der Waals surface area contributed by atoms with Crippen LogP contribution in [0.1, 0.15) is 11.5 Å². The zero-order valence-corrected chi connectivity index (χ0v) is 9.69. The Morgan fingerprint density at radius 2 is 2.00 bits per heavy atom. The van der Waals surface area contributed by atoms with Crippen molar-refractivity contribution in [2.24, 2.45) is 0 Å². The Morgan fingerprint density at radius 3 is 2.53 bits per heavy atom. The van der Waals surface area contributed by atoms with Crippen LogP contribution in [0.15, 0.2) is 33.5 Å². The molecule has 1 aromatic carbocycles. The van der Waals surface area contributed by atoms with Crippen LogP contribution in [-0.2, 0) is 6.42 Å². The van der Waals surface area contributed by atoms with Crippen LogP contribution in [0.4, 0.5) is 0 Å². The van der Waals surface area contributed by atoms with E-state index in [9.17, 15) is 0 Å². The monoisotopic (exact) mass is 268 g/mol. The van der Waals surface area contributed by atoms with Gasteiger partial charge in [-0.1, -0.05) is 12.1 Å². The van der Waals surface area contributed by atoms with Crippen LogP contribution in [0, 0.1) is 0 Å². The minimum absolute atomic E-state index is 0.408. The van der Waals surface area contributed by atoms with Crippen molar-refractivity contribution in [2.45, 2.75) is 6.42 Å². The number of halogens is 1. The number of ether oxygens (including phenoxy) is 1. The van der Waals surface area contributed by atoms with Crippen molar-refractivity contribution in [1.29, 1.82) is 0 Å². The van der Waals surface area contributed by atoms with Crippen LogP contribution in [0.2, 0.25) is 0 Å². The molecule has 0 atom stereocenters. The van der Waals surface area contributed by atoms with Gasteiger partial charge in [-0.2, -0.15) is 0 Å². The number of benzene rings is 1. The van der Waals surface area contributed by atoms with Crippen LogP contribution < -0.4 is 4.74 Å². The van der Waals surface area contributed by atoms with Crippen molar-refractivity contribution in [2.75, 3.05) is 7.11 Å². The molecule has 0 aliphatic rings. The Hall–Kier alpha value is -1.36. The smallest absolute Gasteiger partial charge is 0.284 e. The highest BCUT2D eigenvalue weighted by molar-refractivity contribution is 9.10. The van der Waals surface area contributed by atoms with Gasteiger partial charge in [0.1, 0.15) is 5.75 Å². The summed E-state index contributed by atoms with van der Waals surface area (Å²) in [6.45, 7) is 0. The van der Waals surface area contributed by atoms with Gasteiger partial charge in [0.2, 0.25) is 5.89 Å². The average molecular weight is 269 g/mol. The average Bonchev–Trinajstić information content (AvgIpc) is 2.65. The van der Waals surface area contributed by atoms with Gasteiger partial charge in [-0.25, -0.2) is 0 Å². The van der Waals surface area contributed by atoms with Crippen LogP contribution in [0.5, 0.6) is 5.75 Å². The van der Waals surface area contributed by atoms with E-state index in [0.29, 0.717) is 17.1 Å². The summed E-state index contributed by atoms with van der Waals surface area (Å²) in [6, 6.07) is 7.75. The van der Waals surface area contributed by atoms with Gasteiger partial charge in [-0.3, -0.25) is 0 Å². The zero-order chi connectivity index (χ0) is 10.7. The third kappa shape index (κ3) is 2.56. The molecule has 5 heteroatoms. The summed E-state index contributed by atoms with van der Waals surface area (Å²) in [5, 5.41) is 7.58. The standard InChI is InChI=1S/C10H9BrN2O2/c1-14-8-4-2-7(3-5-8)6-9-12-13-10(11)15-9/h2-5H,6H2,1H3. The number of aromatic nitrogens is 2. The highest BCUT2D eigenvalue weighted by atomic mass is 79.9. The molecule has 2 rings (SSSR count). The van der Waals surface area contributed by atoms with Gasteiger partial charge in [0.05, 0.1) is 13.5 Å². The quantitative estimate of drug-likeness (QED) is 0.858. The molecule has 1 heterocycles. The van der Waals surface area contributed by atoms with Crippen LogP contribution in [0.25, 0.3) is 0 Å². The lowest BCUT2D eigenvalue weighted by atomic mass is 10.1. The van der Waals surface area contributed by atoms with Crippen molar-refractivity contribution in [1.82, 2.24) is 10.2 Å². The second-order valence-corrected chi connectivity index (χ2v) is 3.65. The lowest BCUT2D eigenvalue weighted by Crippen LogP contribution is -1.89. The largest absolute Gasteiger partial charge is 0.497 e. The first-order valence-corrected chi connectivity index (χ1v) is 5.18. The summed E-state index contributed by atoms with van der Waals surface area (Å²) in [5.74, 6) is 1.43. The van der Waals surface area contributed by atoms with Crippen molar-refractivity contribution in [3.05, 3.63) is 40.5 Å². The Morgan fingerprint density at radius 1 is 1.27 bits per heavy atom. The molecule has 0 saturated heterocycles. The minimum Gasteiger partial charge on any atom is -0.497 e. The minimum atomic E-state index is 0.408. The highest BCUT2D eigenvalue weighted by Crippen LogP contribution is 2.15. The second-order valence-electron chi connectivity index (χ2n) is 2.97. The molecule has 78 valence electrons. The van der Waals surface area contributed by atoms with E-state index in [-0.39, 0.29) is 0 Å². The maximum absolute atomic E-state index is 5.21. The molecule has 15 heavy (non-hydrogen) atoms. The molecule has 2 aromatic rings. The van der Waals surface area contributed by atoms with Crippen LogP contribution >= 0.6 is 15.9 Å². The first-order valence-electron chi connectivity index (χ1n) is 4.39. The predicted octanol–water partition coefficient (Wildman–Crippen LogP) is 2.43. The zero-order valence-electron chi connectivity index (χ0n) is 8.11. The molecular formula is C10H9BrN2O2. The van der Waals surface area contributed by atoms with E-state index in [0.717, 1.165) is 11.3 Å². The van der Waals surface area contributed by atoms with Gasteiger partial charge >= 0.3 is 0 Å². The summed E-state index contributed by atoms with van der Waals surface area (Å²) in [7, 11) is 1.64. The Balaban J connectivity index is 2.11. The van der Waals surface area contributed by atoms with Gasteiger partial charge < -0.3 is 9.15 Å². The summed E-state index contributed by atoms with van der Waals surface area (Å²) >= 11 is 3.11. The Kier molecular flexibility index (Phi) is 3.01. The van der Waals surface area contributed by atoms with Crippen LogP contribution in [0.3, 0.4) is 0 Å². The van der Waals surface area contributed by atoms with E-state index in [1.807, 2.05) is 24.3 Å². The topological polar surface area (TPSA) is 48.2 Å². The molecule has 0 amide bonds. The van der Waals surface area contributed by atoms with Gasteiger partial charge in [0, 0.05) is 15.9 Å². The number of nitrogens with zero attached hydrogens (tertiary/aromatic N) is 2. The third-order valence-corrected chi connectivity index (χ3v) is 2.28. The highest BCUT2D eigenvalue weighted by Gasteiger charge is 2.04. The number of hydrogen-bond acceptors (Lipinski definition) is 4. The van der Waals surface area contributed by atoms with Crippen molar-refractivity contribution >= 4 is 15.9 Å². The molecule has 0 fully saturated rings. The van der Waals surface area contributed by atoms with Gasteiger partial charge in [0.25, 0.3) is 4.80 Å². The van der Waals surface area contributed by atoms with E-state index in [4.69, 9.17) is 9.15 Å². The van der Waals surface area contributed by atoms with E-state index in [1.54, 1.807) is 7.11 Å². The molecule has 0 unspecified atom stereocenters. The first kappa shape index (κ1) is 10.2. The molecule has 0 saturated carbocycles. The van der Waals surface area contributed by atoms with Gasteiger partial charge in [-0.05, 0) is 17.7 Å². The lowest BCUT2D eigenvalue weighted by molar-refractivity contribution is 0.414. The summed E-state index contributed by atoms with van der Waals surface area (Å²) in [4.78, 5) is 0.408. The summed E-state index contributed by atoms with van der Waals surface area (Å²) in [6.07, 6.45) is 0.628. The van der Waals surface area contributed by atoms with Gasteiger partial charge in [0.15, 0.2) is 0 Å². The molecule has 0 aliphatic carbocycles. The summed E-state index contributed by atoms with van der Waals surface area (Å²) in [5.41, 5.74) is 1.10. The van der Waals surface area contributed by atoms with E-state index >= 15 is 0 Å². The maximum atomic E-state index is 5.21. The predicted molar refractivity (Wildman–Crippen MR) is 57.8 cm³/mol. The number of hydrogen-bond donors (Lipinski definition) is 0. The normalized spacial score (nSPS) is 10.3. The maximum Gasteiger partial charge on any atom is 0.284 e. The first-order chi connectivity index (χ1) is 7.28. The Labute approximate surface area is 95.4 Å². The second kappa shape index (κ2) is 4.44. The van der Waals surface area contributed by atoms with E-state index in [1.165, 1.54) is 0 Å². The van der Waals surface area contributed by atoms with Crippen molar-refractivity contribution in [3.63, 3.8) is 0 Å². The Bertz CT molecular complexity index is 439. The third-order valence-electron chi connectivity index (χ3n) is 1.96. The molecule has 0 N–H and O–H groups in total. The molecule has 4 nitrogen and oxygen atoms in total. The van der Waals surface area contributed by atoms with E-state index in [2.05, 4.69) is 26.1 Å². The molecule has 0 spiro atoms. The fraction of sp³-hybridized carbons (Fsp3) is 0.200. The molecule has 0 radical (unpaired) electrons. The van der Waals surface area contributed by atoms with Gasteiger partial charge in [-0.15, -0.1) is 10.2 Å². The van der Waals surface area contributed by atoms with Crippen molar-refractivity contribution < 1.29 is 9.15 Å². The number of rotatable bonds is 3. The summed E-state index contributed by atoms with van der Waals surface area (Å²) < 4.78 is 10.3. The molecular weight excluding hydrogens is 260 g/mol. The fourth-order valence-corrected chi connectivity index (χ4v) is 1.49. The molecule has 1 aromatic heterocycles. The molecule has 0 aliphatic heterocycles.